The van der Waals surface area contributed by atoms with Gasteiger partial charge in [0.15, 0.2) is 0 Å². The Morgan fingerprint density at radius 2 is 1.56 bits per heavy atom. The van der Waals surface area contributed by atoms with Crippen molar-refractivity contribution >= 4 is 0 Å². The molecule has 0 radical (unpaired) electrons. The lowest BCUT2D eigenvalue weighted by Crippen LogP contribution is -2.59. The average molecular weight is 222 g/mol. The topological polar surface area (TPSA) is 15.3 Å². The van der Waals surface area contributed by atoms with E-state index in [0.717, 1.165) is 24.3 Å². The highest BCUT2D eigenvalue weighted by atomic mass is 15.2. The average Bonchev–Trinajstić information content (AvgIpc) is 2.24. The molecule has 4 saturated carbocycles. The summed E-state index contributed by atoms with van der Waals surface area (Å²) in [5.74, 6) is 3.22. The largest absolute Gasteiger partial charge is 0.318 e. The van der Waals surface area contributed by atoms with Crippen molar-refractivity contribution in [2.75, 3.05) is 27.2 Å². The number of nitrogens with one attached hydrogen (secondary N) is 1. The molecule has 4 rings (SSSR count). The number of rotatable bonds is 4. The number of nitrogens with zero attached hydrogens (tertiary/aromatic N) is 1. The zero-order valence-corrected chi connectivity index (χ0v) is 10.8. The van der Waals surface area contributed by atoms with E-state index in [1.165, 1.54) is 25.8 Å². The van der Waals surface area contributed by atoms with Crippen LogP contribution in [0.1, 0.15) is 38.5 Å². The van der Waals surface area contributed by atoms with E-state index in [1.54, 1.807) is 19.3 Å². The molecule has 4 aliphatic rings. The Labute approximate surface area is 99.8 Å². The Hall–Kier alpha value is -0.0800. The Morgan fingerprint density at radius 3 is 2.00 bits per heavy atom. The van der Waals surface area contributed by atoms with E-state index in [9.17, 15) is 0 Å². The lowest BCUT2D eigenvalue weighted by atomic mass is 9.52. The molecule has 2 heteroatoms. The van der Waals surface area contributed by atoms with Crippen LogP contribution in [0, 0.1) is 17.8 Å². The lowest BCUT2D eigenvalue weighted by molar-refractivity contribution is -0.0783. The molecule has 1 N–H and O–H groups in total. The summed E-state index contributed by atoms with van der Waals surface area (Å²) < 4.78 is 0. The minimum Gasteiger partial charge on any atom is -0.318 e. The molecule has 2 nitrogen and oxygen atoms in total. The van der Waals surface area contributed by atoms with Crippen molar-refractivity contribution in [3.05, 3.63) is 0 Å². The first-order chi connectivity index (χ1) is 7.72. The molecule has 92 valence electrons. The van der Waals surface area contributed by atoms with Gasteiger partial charge in [0, 0.05) is 18.6 Å². The van der Waals surface area contributed by atoms with Gasteiger partial charge in [0.2, 0.25) is 0 Å². The first-order valence-corrected chi connectivity index (χ1v) is 7.08. The molecule has 4 aliphatic carbocycles. The predicted molar refractivity (Wildman–Crippen MR) is 67.5 cm³/mol. The molecule has 4 bridgehead atoms. The van der Waals surface area contributed by atoms with Gasteiger partial charge in [0.1, 0.15) is 0 Å². The van der Waals surface area contributed by atoms with Crippen LogP contribution in [0.5, 0.6) is 0 Å². The summed E-state index contributed by atoms with van der Waals surface area (Å²) in [6.45, 7) is 2.36. The Balaban J connectivity index is 1.72. The van der Waals surface area contributed by atoms with Gasteiger partial charge in [-0.25, -0.2) is 0 Å². The highest BCUT2D eigenvalue weighted by Gasteiger charge is 2.52. The van der Waals surface area contributed by atoms with Gasteiger partial charge < -0.3 is 5.32 Å². The summed E-state index contributed by atoms with van der Waals surface area (Å²) in [7, 11) is 4.43. The van der Waals surface area contributed by atoms with Crippen molar-refractivity contribution in [1.82, 2.24) is 10.2 Å². The van der Waals surface area contributed by atoms with Gasteiger partial charge in [0.05, 0.1) is 0 Å². The van der Waals surface area contributed by atoms with Gasteiger partial charge in [-0.3, -0.25) is 4.90 Å². The third-order valence-corrected chi connectivity index (χ3v) is 5.51. The quantitative estimate of drug-likeness (QED) is 0.784. The standard InChI is InChI=1S/C14H26N2/c1-15-3-4-16(2)14-8-11-5-12(9-14)7-13(6-11)10-14/h11-13,15H,3-10H2,1-2H3. The first-order valence-electron chi connectivity index (χ1n) is 7.08. The molecule has 0 heterocycles. The molecule has 0 unspecified atom stereocenters. The summed E-state index contributed by atoms with van der Waals surface area (Å²) in [6, 6.07) is 0. The molecule has 0 saturated heterocycles. The molecular formula is C14H26N2. The van der Waals surface area contributed by atoms with Crippen LogP contribution in [0.3, 0.4) is 0 Å². The van der Waals surface area contributed by atoms with Gasteiger partial charge in [-0.15, -0.1) is 0 Å². The van der Waals surface area contributed by atoms with Crippen LogP contribution < -0.4 is 5.32 Å². The van der Waals surface area contributed by atoms with Crippen molar-refractivity contribution in [2.45, 2.75) is 44.1 Å². The van der Waals surface area contributed by atoms with Gasteiger partial charge >= 0.3 is 0 Å². The first kappa shape index (κ1) is 11.0. The van der Waals surface area contributed by atoms with Gasteiger partial charge in [-0.1, -0.05) is 0 Å². The smallest absolute Gasteiger partial charge is 0.0215 e. The van der Waals surface area contributed by atoms with E-state index >= 15 is 0 Å². The maximum Gasteiger partial charge on any atom is 0.0215 e. The van der Waals surface area contributed by atoms with Crippen LogP contribution in [0.25, 0.3) is 0 Å². The molecule has 4 fully saturated rings. The van der Waals surface area contributed by atoms with Crippen molar-refractivity contribution in [1.29, 1.82) is 0 Å². The normalized spacial score (nSPS) is 45.6. The zero-order valence-electron chi connectivity index (χ0n) is 10.8. The van der Waals surface area contributed by atoms with Crippen molar-refractivity contribution < 1.29 is 0 Å². The van der Waals surface area contributed by atoms with Crippen LogP contribution >= 0.6 is 0 Å². The maximum atomic E-state index is 3.29. The van der Waals surface area contributed by atoms with E-state index in [0.29, 0.717) is 5.54 Å². The fourth-order valence-corrected chi connectivity index (χ4v) is 5.05. The molecule has 0 spiro atoms. The van der Waals surface area contributed by atoms with Crippen LogP contribution in [0.4, 0.5) is 0 Å². The second kappa shape index (κ2) is 3.99. The van der Waals surface area contributed by atoms with E-state index in [-0.39, 0.29) is 0 Å². The summed E-state index contributed by atoms with van der Waals surface area (Å²) >= 11 is 0. The van der Waals surface area contributed by atoms with Crippen molar-refractivity contribution in [3.8, 4) is 0 Å². The fraction of sp³-hybridized carbons (Fsp3) is 1.00. The Morgan fingerprint density at radius 1 is 1.06 bits per heavy atom. The summed E-state index contributed by atoms with van der Waals surface area (Å²) in [5, 5.41) is 3.29. The number of likely N-dealkylation sites (N-methyl/N-ethyl adjacent to an activating group) is 2. The molecule has 0 aromatic rings. The summed E-state index contributed by atoms with van der Waals surface area (Å²) in [4.78, 5) is 2.69. The molecule has 0 aromatic carbocycles. The highest BCUT2D eigenvalue weighted by Crippen LogP contribution is 2.57. The third-order valence-electron chi connectivity index (χ3n) is 5.51. The summed E-state index contributed by atoms with van der Waals surface area (Å²) in [5.41, 5.74) is 0.603. The van der Waals surface area contributed by atoms with E-state index in [4.69, 9.17) is 0 Å². The maximum absolute atomic E-state index is 3.29. The van der Waals surface area contributed by atoms with Crippen molar-refractivity contribution in [2.24, 2.45) is 17.8 Å². The van der Waals surface area contributed by atoms with Crippen LogP contribution in [0.2, 0.25) is 0 Å². The number of hydrogen-bond donors (Lipinski definition) is 1. The monoisotopic (exact) mass is 222 g/mol. The Bertz CT molecular complexity index is 226. The third kappa shape index (κ3) is 1.70. The highest BCUT2D eigenvalue weighted by molar-refractivity contribution is 5.06. The Kier molecular flexibility index (Phi) is 2.75. The molecule has 0 aromatic heterocycles. The zero-order chi connectivity index (χ0) is 11.2. The van der Waals surface area contributed by atoms with Crippen molar-refractivity contribution in [3.63, 3.8) is 0 Å². The molecule has 16 heavy (non-hydrogen) atoms. The minimum absolute atomic E-state index is 0.603. The minimum atomic E-state index is 0.603. The van der Waals surface area contributed by atoms with Gasteiger partial charge in [-0.2, -0.15) is 0 Å². The van der Waals surface area contributed by atoms with E-state index < -0.39 is 0 Å². The summed E-state index contributed by atoms with van der Waals surface area (Å²) in [6.07, 6.45) is 9.16. The molecule has 0 amide bonds. The van der Waals surface area contributed by atoms with Gasteiger partial charge in [-0.05, 0) is 70.4 Å². The van der Waals surface area contributed by atoms with Crippen LogP contribution in [-0.2, 0) is 0 Å². The second-order valence-electron chi connectivity index (χ2n) is 6.67. The SMILES string of the molecule is CNCCN(C)C12CC3CC(CC(C3)C1)C2. The second-order valence-corrected chi connectivity index (χ2v) is 6.67. The number of hydrogen-bond acceptors (Lipinski definition) is 2. The van der Waals surface area contributed by atoms with Crippen LogP contribution in [-0.4, -0.2) is 37.6 Å². The van der Waals surface area contributed by atoms with E-state index in [1.807, 2.05) is 0 Å². The van der Waals surface area contributed by atoms with Crippen LogP contribution in [0.15, 0.2) is 0 Å². The van der Waals surface area contributed by atoms with E-state index in [2.05, 4.69) is 24.3 Å². The van der Waals surface area contributed by atoms with Gasteiger partial charge in [0.25, 0.3) is 0 Å². The molecule has 0 atom stereocenters. The lowest BCUT2D eigenvalue weighted by Gasteiger charge is -2.60. The molecule has 0 aliphatic heterocycles. The molecular weight excluding hydrogens is 196 g/mol. The predicted octanol–water partition coefficient (Wildman–Crippen LogP) is 2.11. The fourth-order valence-electron chi connectivity index (χ4n) is 5.05.